The molecule has 0 aromatic heterocycles. The Morgan fingerprint density at radius 1 is 1.00 bits per heavy atom. The SMILES string of the molecule is O=C(NCCCN1CCCCC1)c1ccc(OCCSc2ccccc2)cc1. The Morgan fingerprint density at radius 2 is 1.75 bits per heavy atom. The lowest BCUT2D eigenvalue weighted by molar-refractivity contribution is 0.0951. The van der Waals surface area contributed by atoms with Crippen LogP contribution in [-0.4, -0.2) is 49.3 Å². The van der Waals surface area contributed by atoms with Gasteiger partial charge in [-0.1, -0.05) is 24.6 Å². The Balaban J connectivity index is 1.31. The van der Waals surface area contributed by atoms with Crippen molar-refractivity contribution < 1.29 is 9.53 Å². The van der Waals surface area contributed by atoms with Crippen LogP contribution in [0.5, 0.6) is 5.75 Å². The molecule has 1 amide bonds. The van der Waals surface area contributed by atoms with Gasteiger partial charge in [-0.15, -0.1) is 11.8 Å². The van der Waals surface area contributed by atoms with Crippen LogP contribution < -0.4 is 10.1 Å². The summed E-state index contributed by atoms with van der Waals surface area (Å²) in [5, 5.41) is 3.02. The van der Waals surface area contributed by atoms with E-state index in [1.807, 2.05) is 42.5 Å². The van der Waals surface area contributed by atoms with Crippen LogP contribution in [0.15, 0.2) is 59.5 Å². The zero-order chi connectivity index (χ0) is 19.4. The van der Waals surface area contributed by atoms with Gasteiger partial charge in [0.15, 0.2) is 0 Å². The van der Waals surface area contributed by atoms with Crippen molar-refractivity contribution in [1.82, 2.24) is 10.2 Å². The van der Waals surface area contributed by atoms with Crippen molar-refractivity contribution in [3.05, 3.63) is 60.2 Å². The molecule has 1 N–H and O–H groups in total. The molecular weight excluding hydrogens is 368 g/mol. The van der Waals surface area contributed by atoms with Crippen molar-refractivity contribution in [2.24, 2.45) is 0 Å². The first-order valence-corrected chi connectivity index (χ1v) is 11.2. The van der Waals surface area contributed by atoms with Crippen LogP contribution in [0.4, 0.5) is 0 Å². The summed E-state index contributed by atoms with van der Waals surface area (Å²) in [7, 11) is 0. The van der Waals surface area contributed by atoms with Gasteiger partial charge in [0.25, 0.3) is 5.91 Å². The minimum Gasteiger partial charge on any atom is -0.493 e. The number of ether oxygens (including phenoxy) is 1. The molecule has 1 fully saturated rings. The van der Waals surface area contributed by atoms with Crippen LogP contribution in [0, 0.1) is 0 Å². The Labute approximate surface area is 172 Å². The van der Waals surface area contributed by atoms with Crippen molar-refractivity contribution in [3.8, 4) is 5.75 Å². The van der Waals surface area contributed by atoms with Crippen LogP contribution in [-0.2, 0) is 0 Å². The van der Waals surface area contributed by atoms with E-state index in [0.29, 0.717) is 12.2 Å². The van der Waals surface area contributed by atoms with Gasteiger partial charge in [0, 0.05) is 22.8 Å². The Kier molecular flexibility index (Phi) is 8.72. The molecule has 5 heteroatoms. The lowest BCUT2D eigenvalue weighted by Gasteiger charge is -2.26. The third kappa shape index (κ3) is 7.21. The quantitative estimate of drug-likeness (QED) is 0.474. The van der Waals surface area contributed by atoms with E-state index in [0.717, 1.165) is 31.0 Å². The predicted octanol–water partition coefficient (Wildman–Crippen LogP) is 4.46. The fourth-order valence-electron chi connectivity index (χ4n) is 3.33. The molecule has 0 saturated carbocycles. The molecule has 0 spiro atoms. The second-order valence-corrected chi connectivity index (χ2v) is 8.21. The number of nitrogens with zero attached hydrogens (tertiary/aromatic N) is 1. The molecule has 0 radical (unpaired) electrons. The van der Waals surface area contributed by atoms with Crippen LogP contribution in [0.2, 0.25) is 0 Å². The molecule has 0 atom stereocenters. The largest absolute Gasteiger partial charge is 0.493 e. The molecule has 1 aliphatic heterocycles. The number of rotatable bonds is 10. The maximum atomic E-state index is 12.3. The summed E-state index contributed by atoms with van der Waals surface area (Å²) in [6.45, 7) is 4.86. The molecule has 1 aliphatic rings. The van der Waals surface area contributed by atoms with Crippen molar-refractivity contribution in [2.75, 3.05) is 38.5 Å². The Hall–Kier alpha value is -1.98. The third-order valence-electron chi connectivity index (χ3n) is 4.87. The third-order valence-corrected chi connectivity index (χ3v) is 5.84. The minimum absolute atomic E-state index is 0.00942. The fraction of sp³-hybridized carbons (Fsp3) is 0.435. The lowest BCUT2D eigenvalue weighted by Crippen LogP contribution is -2.33. The smallest absolute Gasteiger partial charge is 0.251 e. The van der Waals surface area contributed by atoms with E-state index in [1.165, 1.54) is 37.2 Å². The topological polar surface area (TPSA) is 41.6 Å². The standard InChI is InChI=1S/C23H30N2O2S/c26-23(24-14-7-17-25-15-5-2-6-16-25)20-10-12-21(13-11-20)27-18-19-28-22-8-3-1-4-9-22/h1,3-4,8-13H,2,5-7,14-19H2,(H,24,26). The van der Waals surface area contributed by atoms with Crippen molar-refractivity contribution in [1.29, 1.82) is 0 Å². The highest BCUT2D eigenvalue weighted by Gasteiger charge is 2.10. The number of likely N-dealkylation sites (tertiary alicyclic amines) is 1. The molecule has 0 bridgehead atoms. The number of hydrogen-bond acceptors (Lipinski definition) is 4. The summed E-state index contributed by atoms with van der Waals surface area (Å²) >= 11 is 1.78. The van der Waals surface area contributed by atoms with Gasteiger partial charge in [0.2, 0.25) is 0 Å². The van der Waals surface area contributed by atoms with Gasteiger partial charge in [0.05, 0.1) is 6.61 Å². The highest BCUT2D eigenvalue weighted by atomic mass is 32.2. The Bertz CT molecular complexity index is 700. The van der Waals surface area contributed by atoms with Crippen molar-refractivity contribution in [3.63, 3.8) is 0 Å². The minimum atomic E-state index is -0.00942. The first kappa shape index (κ1) is 20.7. The van der Waals surface area contributed by atoms with E-state index in [-0.39, 0.29) is 5.91 Å². The number of thioether (sulfide) groups is 1. The molecule has 3 rings (SSSR count). The Morgan fingerprint density at radius 3 is 2.50 bits per heavy atom. The molecule has 4 nitrogen and oxygen atoms in total. The molecule has 1 saturated heterocycles. The number of carbonyl (C=O) groups is 1. The molecule has 0 unspecified atom stereocenters. The van der Waals surface area contributed by atoms with E-state index < -0.39 is 0 Å². The molecular formula is C23H30N2O2S. The second-order valence-electron chi connectivity index (χ2n) is 7.05. The van der Waals surface area contributed by atoms with E-state index in [1.54, 1.807) is 11.8 Å². The fourth-order valence-corrected chi connectivity index (χ4v) is 4.08. The number of piperidine rings is 1. The first-order chi connectivity index (χ1) is 13.8. The van der Waals surface area contributed by atoms with Gasteiger partial charge < -0.3 is 15.0 Å². The highest BCUT2D eigenvalue weighted by Crippen LogP contribution is 2.18. The zero-order valence-corrected chi connectivity index (χ0v) is 17.3. The molecule has 2 aromatic carbocycles. The highest BCUT2D eigenvalue weighted by molar-refractivity contribution is 7.99. The van der Waals surface area contributed by atoms with E-state index >= 15 is 0 Å². The van der Waals surface area contributed by atoms with Crippen molar-refractivity contribution >= 4 is 17.7 Å². The first-order valence-electron chi connectivity index (χ1n) is 10.2. The number of nitrogens with one attached hydrogen (secondary N) is 1. The van der Waals surface area contributed by atoms with Crippen LogP contribution in [0.25, 0.3) is 0 Å². The van der Waals surface area contributed by atoms with Gasteiger partial charge >= 0.3 is 0 Å². The molecule has 1 heterocycles. The van der Waals surface area contributed by atoms with E-state index in [4.69, 9.17) is 4.74 Å². The predicted molar refractivity (Wildman–Crippen MR) is 116 cm³/mol. The zero-order valence-electron chi connectivity index (χ0n) is 16.4. The second kappa shape index (κ2) is 11.8. The molecule has 150 valence electrons. The summed E-state index contributed by atoms with van der Waals surface area (Å²) in [5.41, 5.74) is 0.684. The average molecular weight is 399 g/mol. The van der Waals surface area contributed by atoms with E-state index in [2.05, 4.69) is 22.3 Å². The summed E-state index contributed by atoms with van der Waals surface area (Å²) in [5.74, 6) is 1.68. The molecule has 2 aromatic rings. The van der Waals surface area contributed by atoms with Gasteiger partial charge in [0.1, 0.15) is 5.75 Å². The maximum absolute atomic E-state index is 12.3. The van der Waals surface area contributed by atoms with Crippen LogP contribution in [0.1, 0.15) is 36.0 Å². The molecule has 0 aliphatic carbocycles. The van der Waals surface area contributed by atoms with E-state index in [9.17, 15) is 4.79 Å². The summed E-state index contributed by atoms with van der Waals surface area (Å²) in [6.07, 6.45) is 4.99. The van der Waals surface area contributed by atoms with Crippen LogP contribution >= 0.6 is 11.8 Å². The van der Waals surface area contributed by atoms with Gasteiger partial charge in [-0.3, -0.25) is 4.79 Å². The lowest BCUT2D eigenvalue weighted by atomic mass is 10.1. The number of amides is 1. The summed E-state index contributed by atoms with van der Waals surface area (Å²) in [4.78, 5) is 16.0. The van der Waals surface area contributed by atoms with Gasteiger partial charge in [-0.25, -0.2) is 0 Å². The summed E-state index contributed by atoms with van der Waals surface area (Å²) in [6, 6.07) is 17.7. The van der Waals surface area contributed by atoms with Gasteiger partial charge in [-0.2, -0.15) is 0 Å². The normalized spacial score (nSPS) is 14.6. The summed E-state index contributed by atoms with van der Waals surface area (Å²) < 4.78 is 5.77. The molecule has 28 heavy (non-hydrogen) atoms. The number of carbonyl (C=O) groups excluding carboxylic acids is 1. The average Bonchev–Trinajstić information content (AvgIpc) is 2.76. The monoisotopic (exact) mass is 398 g/mol. The maximum Gasteiger partial charge on any atom is 0.251 e. The van der Waals surface area contributed by atoms with Crippen molar-refractivity contribution in [2.45, 2.75) is 30.6 Å². The number of benzene rings is 2. The van der Waals surface area contributed by atoms with Crippen LogP contribution in [0.3, 0.4) is 0 Å². The van der Waals surface area contributed by atoms with Gasteiger partial charge in [-0.05, 0) is 75.3 Å². The number of hydrogen-bond donors (Lipinski definition) is 1.